The fourth-order valence-electron chi connectivity index (χ4n) is 3.12. The van der Waals surface area contributed by atoms with Crippen LogP contribution in [-0.2, 0) is 6.54 Å². The monoisotopic (exact) mass is 486 g/mol. The number of aliphatic imine (C=N–C) groups is 1. The third-order valence-corrected chi connectivity index (χ3v) is 5.53. The van der Waals surface area contributed by atoms with E-state index >= 15 is 0 Å². The van der Waals surface area contributed by atoms with Crippen LogP contribution in [0.3, 0.4) is 0 Å². The van der Waals surface area contributed by atoms with E-state index in [4.69, 9.17) is 4.99 Å². The summed E-state index contributed by atoms with van der Waals surface area (Å²) in [5.74, 6) is 1.69. The lowest BCUT2D eigenvalue weighted by molar-refractivity contribution is 0.614. The summed E-state index contributed by atoms with van der Waals surface area (Å²) in [7, 11) is 0. The van der Waals surface area contributed by atoms with Gasteiger partial charge in [0, 0.05) is 23.5 Å². The van der Waals surface area contributed by atoms with Crippen molar-refractivity contribution >= 4 is 41.7 Å². The molecule has 0 spiro atoms. The molecule has 3 rings (SSSR count). The molecule has 2 atom stereocenters. The first kappa shape index (κ1) is 21.0. The van der Waals surface area contributed by atoms with Crippen LogP contribution in [0.1, 0.15) is 32.0 Å². The molecule has 1 fully saturated rings. The third-order valence-electron chi connectivity index (χ3n) is 4.43. The fourth-order valence-corrected chi connectivity index (χ4v) is 3.92. The third kappa shape index (κ3) is 5.60. The molecule has 8 heteroatoms. The molecule has 2 unspecified atom stereocenters. The topological polar surface area (TPSA) is 67.1 Å². The van der Waals surface area contributed by atoms with Gasteiger partial charge in [0.2, 0.25) is 0 Å². The van der Waals surface area contributed by atoms with Crippen molar-refractivity contribution < 1.29 is 0 Å². The minimum atomic E-state index is 0. The molecule has 0 amide bonds. The molecule has 0 saturated heterocycles. The number of thioether (sulfide) groups is 1. The lowest BCUT2D eigenvalue weighted by Crippen LogP contribution is -2.42. The molecular weight excluding hydrogens is 459 g/mol. The Kier molecular flexibility index (Phi) is 8.70. The molecule has 0 aliphatic heterocycles. The minimum Gasteiger partial charge on any atom is -0.357 e. The van der Waals surface area contributed by atoms with Crippen LogP contribution in [0.5, 0.6) is 0 Å². The quantitative estimate of drug-likeness (QED) is 0.373. The highest BCUT2D eigenvalue weighted by Crippen LogP contribution is 2.28. The first-order valence-electron chi connectivity index (χ1n) is 8.82. The number of aromatic nitrogens is 3. The normalized spacial score (nSPS) is 19.8. The molecule has 1 heterocycles. The van der Waals surface area contributed by atoms with Gasteiger partial charge < -0.3 is 10.6 Å². The highest BCUT2D eigenvalue weighted by atomic mass is 127. The van der Waals surface area contributed by atoms with Gasteiger partial charge in [-0.15, -0.1) is 34.2 Å². The minimum absolute atomic E-state index is 0. The molecule has 6 nitrogen and oxygen atoms in total. The summed E-state index contributed by atoms with van der Waals surface area (Å²) in [6.45, 7) is 3.42. The van der Waals surface area contributed by atoms with Gasteiger partial charge in [0.25, 0.3) is 0 Å². The fraction of sp³-hybridized carbons (Fsp3) is 0.500. The molecule has 26 heavy (non-hydrogen) atoms. The van der Waals surface area contributed by atoms with Gasteiger partial charge in [-0.2, -0.15) is 11.8 Å². The molecule has 1 aromatic heterocycles. The van der Waals surface area contributed by atoms with E-state index in [1.165, 1.54) is 19.3 Å². The Bertz CT molecular complexity index is 690. The highest BCUT2D eigenvalue weighted by molar-refractivity contribution is 14.0. The zero-order valence-corrected chi connectivity index (χ0v) is 18.4. The number of nitrogens with zero attached hydrogens (tertiary/aromatic N) is 4. The van der Waals surface area contributed by atoms with Gasteiger partial charge in [0.05, 0.1) is 0 Å². The summed E-state index contributed by atoms with van der Waals surface area (Å²) in [5, 5.41) is 16.0. The van der Waals surface area contributed by atoms with E-state index in [1.807, 2.05) is 46.7 Å². The molecule has 1 aliphatic carbocycles. The summed E-state index contributed by atoms with van der Waals surface area (Å²) in [6.07, 6.45) is 7.62. The van der Waals surface area contributed by atoms with E-state index in [-0.39, 0.29) is 24.0 Å². The average Bonchev–Trinajstić information content (AvgIpc) is 3.29. The van der Waals surface area contributed by atoms with Gasteiger partial charge in [-0.1, -0.05) is 18.2 Å². The number of hydrogen-bond acceptors (Lipinski definition) is 4. The number of hydrogen-bond donors (Lipinski definition) is 2. The van der Waals surface area contributed by atoms with Gasteiger partial charge in [0.15, 0.2) is 11.8 Å². The lowest BCUT2D eigenvalue weighted by Gasteiger charge is -2.17. The molecular formula is C18H27IN6S. The van der Waals surface area contributed by atoms with Crippen molar-refractivity contribution in [3.63, 3.8) is 0 Å². The number of para-hydroxylation sites is 1. The van der Waals surface area contributed by atoms with Crippen molar-refractivity contribution in [2.45, 2.75) is 44.0 Å². The number of nitrogens with one attached hydrogen (secondary N) is 2. The van der Waals surface area contributed by atoms with Gasteiger partial charge in [-0.25, -0.2) is 4.99 Å². The molecule has 142 valence electrons. The Balaban J connectivity index is 0.00000243. The summed E-state index contributed by atoms with van der Waals surface area (Å²) in [4.78, 5) is 4.72. The summed E-state index contributed by atoms with van der Waals surface area (Å²) in [5.41, 5.74) is 1.05. The van der Waals surface area contributed by atoms with Gasteiger partial charge in [-0.05, 0) is 44.6 Å². The molecule has 0 bridgehead atoms. The number of benzene rings is 1. The van der Waals surface area contributed by atoms with Crippen LogP contribution in [0, 0.1) is 0 Å². The average molecular weight is 486 g/mol. The van der Waals surface area contributed by atoms with Crippen LogP contribution in [0.15, 0.2) is 41.7 Å². The summed E-state index contributed by atoms with van der Waals surface area (Å²) in [6, 6.07) is 10.6. The second kappa shape index (κ2) is 10.8. The van der Waals surface area contributed by atoms with E-state index in [1.54, 1.807) is 6.33 Å². The lowest BCUT2D eigenvalue weighted by atomic mass is 10.2. The maximum atomic E-state index is 4.72. The Hall–Kier alpha value is -1.29. The summed E-state index contributed by atoms with van der Waals surface area (Å²) >= 11 is 1.97. The van der Waals surface area contributed by atoms with Gasteiger partial charge >= 0.3 is 0 Å². The van der Waals surface area contributed by atoms with Crippen LogP contribution in [-0.4, -0.2) is 44.8 Å². The largest absolute Gasteiger partial charge is 0.357 e. The zero-order valence-electron chi connectivity index (χ0n) is 15.3. The van der Waals surface area contributed by atoms with E-state index < -0.39 is 0 Å². The first-order valence-corrected chi connectivity index (χ1v) is 10.1. The Labute approximate surface area is 176 Å². The highest BCUT2D eigenvalue weighted by Gasteiger charge is 2.24. The Morgan fingerprint density at radius 1 is 1.31 bits per heavy atom. The first-order chi connectivity index (χ1) is 12.3. The number of guanidine groups is 1. The van der Waals surface area contributed by atoms with Crippen LogP contribution in [0.25, 0.3) is 5.69 Å². The SMILES string of the molecule is CCNC(=NCc1nncn1-c1ccccc1)NC1CCC(SC)C1.I. The molecule has 0 radical (unpaired) electrons. The van der Waals surface area contributed by atoms with Crippen LogP contribution >= 0.6 is 35.7 Å². The van der Waals surface area contributed by atoms with Crippen LogP contribution in [0.4, 0.5) is 0 Å². The molecule has 1 saturated carbocycles. The maximum absolute atomic E-state index is 4.72. The summed E-state index contributed by atoms with van der Waals surface area (Å²) < 4.78 is 1.98. The standard InChI is InChI=1S/C18H26N6S.HI/c1-3-19-18(22-14-9-10-16(11-14)25-2)20-12-17-23-21-13-24(17)15-7-5-4-6-8-15;/h4-8,13-14,16H,3,9-12H2,1-2H3,(H2,19,20,22);1H. The van der Waals surface area contributed by atoms with Crippen LogP contribution < -0.4 is 10.6 Å². The van der Waals surface area contributed by atoms with Crippen molar-refractivity contribution in [2.75, 3.05) is 12.8 Å². The predicted octanol–water partition coefficient (Wildman–Crippen LogP) is 3.22. The van der Waals surface area contributed by atoms with E-state index in [0.717, 1.165) is 29.3 Å². The second-order valence-corrected chi connectivity index (χ2v) is 7.30. The van der Waals surface area contributed by atoms with Crippen molar-refractivity contribution in [2.24, 2.45) is 4.99 Å². The molecule has 1 aliphatic rings. The van der Waals surface area contributed by atoms with Crippen molar-refractivity contribution in [1.29, 1.82) is 0 Å². The maximum Gasteiger partial charge on any atom is 0.191 e. The van der Waals surface area contributed by atoms with E-state index in [9.17, 15) is 0 Å². The van der Waals surface area contributed by atoms with Crippen LogP contribution in [0.2, 0.25) is 0 Å². The molecule has 1 aromatic carbocycles. The van der Waals surface area contributed by atoms with Gasteiger partial charge in [0.1, 0.15) is 12.9 Å². The molecule has 2 N–H and O–H groups in total. The van der Waals surface area contributed by atoms with E-state index in [2.05, 4.69) is 34.0 Å². The van der Waals surface area contributed by atoms with Gasteiger partial charge in [-0.3, -0.25) is 4.57 Å². The van der Waals surface area contributed by atoms with Crippen molar-refractivity contribution in [1.82, 2.24) is 25.4 Å². The number of rotatable bonds is 6. The van der Waals surface area contributed by atoms with Crippen molar-refractivity contribution in [3.05, 3.63) is 42.5 Å². The number of halogens is 1. The predicted molar refractivity (Wildman–Crippen MR) is 120 cm³/mol. The Morgan fingerprint density at radius 3 is 2.81 bits per heavy atom. The smallest absolute Gasteiger partial charge is 0.191 e. The molecule has 2 aromatic rings. The van der Waals surface area contributed by atoms with Crippen molar-refractivity contribution in [3.8, 4) is 5.69 Å². The second-order valence-electron chi connectivity index (χ2n) is 6.16. The van der Waals surface area contributed by atoms with E-state index in [0.29, 0.717) is 12.6 Å². The zero-order chi connectivity index (χ0) is 17.5. The Morgan fingerprint density at radius 2 is 2.12 bits per heavy atom.